The van der Waals surface area contributed by atoms with Gasteiger partial charge in [-0.15, -0.1) is 0 Å². The number of hydrogen-bond donors (Lipinski definition) is 1. The molecule has 0 aliphatic carbocycles. The van der Waals surface area contributed by atoms with Crippen LogP contribution in [0.15, 0.2) is 18.2 Å². The van der Waals surface area contributed by atoms with Crippen molar-refractivity contribution in [3.63, 3.8) is 0 Å². The van der Waals surface area contributed by atoms with Gasteiger partial charge in [-0.25, -0.2) is 9.18 Å². The van der Waals surface area contributed by atoms with Crippen LogP contribution in [0.3, 0.4) is 0 Å². The number of benzene rings is 1. The van der Waals surface area contributed by atoms with E-state index in [-0.39, 0.29) is 5.56 Å². The summed E-state index contributed by atoms with van der Waals surface area (Å²) < 4.78 is 125. The van der Waals surface area contributed by atoms with E-state index in [1.807, 2.05) is 0 Å². The topological polar surface area (TPSA) is 80.7 Å². The first-order valence-corrected chi connectivity index (χ1v) is 7.69. The third-order valence-corrected chi connectivity index (χ3v) is 3.68. The number of rotatable bonds is 4. The minimum atomic E-state index is -6.48. The van der Waals surface area contributed by atoms with Gasteiger partial charge in [0.25, 0.3) is 10.1 Å². The maximum Gasteiger partial charge on any atom is 0.438 e. The maximum atomic E-state index is 13.5. The Hall–Kier alpha value is -1.89. The second-order valence-corrected chi connectivity index (χ2v) is 6.37. The van der Waals surface area contributed by atoms with Gasteiger partial charge in [-0.05, 0) is 19.1 Å². The zero-order valence-corrected chi connectivity index (χ0v) is 12.9. The van der Waals surface area contributed by atoms with Crippen LogP contribution in [0.25, 0.3) is 0 Å². The minimum absolute atomic E-state index is 0.104. The lowest BCUT2D eigenvalue weighted by Crippen LogP contribution is -2.63. The second kappa shape index (κ2) is 6.44. The summed E-state index contributed by atoms with van der Waals surface area (Å²) in [5.41, 5.74) is -6.75. The van der Waals surface area contributed by atoms with E-state index < -0.39 is 51.2 Å². The number of esters is 1. The Kier molecular flexibility index (Phi) is 5.45. The first-order valence-electron chi connectivity index (χ1n) is 6.08. The van der Waals surface area contributed by atoms with Crippen LogP contribution in [-0.2, 0) is 14.9 Å². The summed E-state index contributed by atoms with van der Waals surface area (Å²) in [5.74, 6) is -6.92. The zero-order valence-electron chi connectivity index (χ0n) is 12.1. The van der Waals surface area contributed by atoms with Crippen LogP contribution < -0.4 is 0 Å². The highest BCUT2D eigenvalue weighted by Gasteiger charge is 2.76. The number of aryl methyl sites for hydroxylation is 1. The summed E-state index contributed by atoms with van der Waals surface area (Å²) >= 11 is 0. The Morgan fingerprint density at radius 2 is 1.60 bits per heavy atom. The van der Waals surface area contributed by atoms with Gasteiger partial charge in [0.05, 0.1) is 5.56 Å². The molecule has 0 aliphatic rings. The summed E-state index contributed by atoms with van der Waals surface area (Å²) in [7, 11) is -5.91. The third kappa shape index (κ3) is 4.60. The molecule has 0 fully saturated rings. The molecule has 5 nitrogen and oxygen atoms in total. The lowest BCUT2D eigenvalue weighted by molar-refractivity contribution is -0.356. The molecule has 0 saturated carbocycles. The fourth-order valence-corrected chi connectivity index (χ4v) is 2.64. The Morgan fingerprint density at radius 1 is 1.12 bits per heavy atom. The second-order valence-electron chi connectivity index (χ2n) is 4.92. The van der Waals surface area contributed by atoms with Gasteiger partial charge in [-0.1, -0.05) is 11.6 Å². The van der Waals surface area contributed by atoms with E-state index in [1.165, 1.54) is 6.92 Å². The number of alkyl halides is 6. The van der Waals surface area contributed by atoms with Gasteiger partial charge in [0.15, 0.2) is 0 Å². The van der Waals surface area contributed by atoms with E-state index in [0.717, 1.165) is 6.07 Å². The number of carbonyl (C=O) groups excluding carboxylic acids is 1. The van der Waals surface area contributed by atoms with Gasteiger partial charge in [-0.3, -0.25) is 4.55 Å². The Morgan fingerprint density at radius 3 is 2.00 bits per heavy atom. The molecule has 1 N–H and O–H groups in total. The lowest BCUT2D eigenvalue weighted by Gasteiger charge is -2.35. The van der Waals surface area contributed by atoms with Crippen molar-refractivity contribution in [1.29, 1.82) is 0 Å². The van der Waals surface area contributed by atoms with Crippen molar-refractivity contribution >= 4 is 16.1 Å². The minimum Gasteiger partial charge on any atom is -0.434 e. The molecule has 0 atom stereocenters. The summed E-state index contributed by atoms with van der Waals surface area (Å²) in [4.78, 5) is 11.7. The normalized spacial score (nSPS) is 13.6. The SMILES string of the molecule is Cc1ccc(F)c(C(=O)OC(CS(=O)(=O)O)(C(F)(F)F)C(F)(F)F)c1. The van der Waals surface area contributed by atoms with Crippen LogP contribution in [0, 0.1) is 12.7 Å². The molecule has 13 heteroatoms. The molecule has 0 unspecified atom stereocenters. The van der Waals surface area contributed by atoms with Gasteiger partial charge >= 0.3 is 23.9 Å². The average Bonchev–Trinajstić information content (AvgIpc) is 2.36. The zero-order chi connectivity index (χ0) is 19.8. The van der Waals surface area contributed by atoms with Crippen LogP contribution in [0.4, 0.5) is 30.7 Å². The van der Waals surface area contributed by atoms with E-state index in [9.17, 15) is 43.9 Å². The van der Waals surface area contributed by atoms with Crippen LogP contribution in [0.5, 0.6) is 0 Å². The molecular weight excluding hydrogens is 389 g/mol. The van der Waals surface area contributed by atoms with Gasteiger partial charge in [-0.2, -0.15) is 34.8 Å². The van der Waals surface area contributed by atoms with Gasteiger partial charge in [0.1, 0.15) is 11.6 Å². The maximum absolute atomic E-state index is 13.5. The lowest BCUT2D eigenvalue weighted by atomic mass is 10.0. The van der Waals surface area contributed by atoms with E-state index >= 15 is 0 Å². The Bertz CT molecular complexity index is 753. The highest BCUT2D eigenvalue weighted by atomic mass is 32.2. The van der Waals surface area contributed by atoms with Crippen LogP contribution >= 0.6 is 0 Å². The molecular formula is C12H9F7O5S. The number of hydrogen-bond acceptors (Lipinski definition) is 4. The van der Waals surface area contributed by atoms with Crippen molar-refractivity contribution in [2.75, 3.05) is 5.75 Å². The molecule has 0 radical (unpaired) electrons. The molecule has 25 heavy (non-hydrogen) atoms. The number of carbonyl (C=O) groups is 1. The smallest absolute Gasteiger partial charge is 0.434 e. The van der Waals surface area contributed by atoms with Crippen molar-refractivity contribution in [2.45, 2.75) is 24.9 Å². The standard InChI is InChI=1S/C12H9F7O5S/c1-6-2-3-8(13)7(4-6)9(20)24-10(11(14,15)16,12(17,18)19)5-25(21,22)23/h2-4H,5H2,1H3,(H,21,22,23). The third-order valence-electron chi connectivity index (χ3n) is 2.91. The highest BCUT2D eigenvalue weighted by Crippen LogP contribution is 2.47. The molecule has 0 aliphatic heterocycles. The first kappa shape index (κ1) is 21.2. The summed E-state index contributed by atoms with van der Waals surface area (Å²) in [6.07, 6.45) is -13.0. The molecule has 0 saturated heterocycles. The number of ether oxygens (including phenoxy) is 1. The van der Waals surface area contributed by atoms with E-state index in [1.54, 1.807) is 0 Å². The molecule has 1 aromatic carbocycles. The predicted molar refractivity (Wildman–Crippen MR) is 67.8 cm³/mol. The Balaban J connectivity index is 3.53. The monoisotopic (exact) mass is 398 g/mol. The van der Waals surface area contributed by atoms with Gasteiger partial charge < -0.3 is 4.74 Å². The fourth-order valence-electron chi connectivity index (χ4n) is 1.74. The summed E-state index contributed by atoms with van der Waals surface area (Å²) in [6.45, 7) is 1.26. The molecule has 0 spiro atoms. The van der Waals surface area contributed by atoms with Crippen LogP contribution in [0.1, 0.15) is 15.9 Å². The molecule has 0 bridgehead atoms. The van der Waals surface area contributed by atoms with Crippen molar-refractivity contribution in [3.8, 4) is 0 Å². The molecule has 0 heterocycles. The van der Waals surface area contributed by atoms with Gasteiger partial charge in [0.2, 0.25) is 0 Å². The van der Waals surface area contributed by atoms with Crippen LogP contribution in [-0.4, -0.2) is 42.6 Å². The van der Waals surface area contributed by atoms with Crippen molar-refractivity contribution in [2.24, 2.45) is 0 Å². The number of halogens is 7. The summed E-state index contributed by atoms with van der Waals surface area (Å²) in [6, 6.07) is 2.28. The molecule has 0 amide bonds. The molecule has 142 valence electrons. The van der Waals surface area contributed by atoms with E-state index in [4.69, 9.17) is 4.55 Å². The van der Waals surface area contributed by atoms with Crippen molar-refractivity contribution < 1.29 is 53.2 Å². The largest absolute Gasteiger partial charge is 0.438 e. The van der Waals surface area contributed by atoms with Gasteiger partial charge in [0, 0.05) is 0 Å². The van der Waals surface area contributed by atoms with E-state index in [2.05, 4.69) is 4.74 Å². The first-order chi connectivity index (χ1) is 11.0. The quantitative estimate of drug-likeness (QED) is 0.479. The molecule has 1 rings (SSSR count). The highest BCUT2D eigenvalue weighted by molar-refractivity contribution is 7.85. The van der Waals surface area contributed by atoms with Crippen LogP contribution in [0.2, 0.25) is 0 Å². The fraction of sp³-hybridized carbons (Fsp3) is 0.417. The van der Waals surface area contributed by atoms with Crippen molar-refractivity contribution in [3.05, 3.63) is 35.1 Å². The average molecular weight is 398 g/mol. The Labute approximate surface area is 136 Å². The predicted octanol–water partition coefficient (Wildman–Crippen LogP) is 3.04. The van der Waals surface area contributed by atoms with E-state index in [0.29, 0.717) is 12.1 Å². The molecule has 1 aromatic rings. The molecule has 0 aromatic heterocycles. The van der Waals surface area contributed by atoms with Crippen molar-refractivity contribution in [1.82, 2.24) is 0 Å². The summed E-state index contributed by atoms with van der Waals surface area (Å²) in [5, 5.41) is 0.